The summed E-state index contributed by atoms with van der Waals surface area (Å²) in [6, 6.07) is 0. The third-order valence-corrected chi connectivity index (χ3v) is 2.49. The second-order valence-corrected chi connectivity index (χ2v) is 4.29. The molecule has 15 heavy (non-hydrogen) atoms. The van der Waals surface area contributed by atoms with Gasteiger partial charge in [0.2, 0.25) is 0 Å². The molecule has 0 heteroatoms. The molecule has 0 rings (SSSR count). The molecule has 86 valence electrons. The highest BCUT2D eigenvalue weighted by Crippen LogP contribution is 2.16. The van der Waals surface area contributed by atoms with E-state index < -0.39 is 0 Å². The van der Waals surface area contributed by atoms with Crippen LogP contribution in [0, 0.1) is 0 Å². The first-order chi connectivity index (χ1) is 7.20. The predicted octanol–water partition coefficient (Wildman–Crippen LogP) is 5.43. The Morgan fingerprint density at radius 2 is 1.87 bits per heavy atom. The van der Waals surface area contributed by atoms with Crippen LogP contribution in [0.3, 0.4) is 0 Å². The zero-order valence-corrected chi connectivity index (χ0v) is 10.5. The van der Waals surface area contributed by atoms with Gasteiger partial charge in [-0.15, -0.1) is 13.2 Å². The van der Waals surface area contributed by atoms with Crippen LogP contribution in [0.25, 0.3) is 0 Å². The molecule has 0 aromatic rings. The summed E-state index contributed by atoms with van der Waals surface area (Å²) in [5.74, 6) is 0. The zero-order chi connectivity index (χ0) is 11.5. The second-order valence-electron chi connectivity index (χ2n) is 4.29. The van der Waals surface area contributed by atoms with Crippen LogP contribution in [0.15, 0.2) is 36.5 Å². The number of unbranched alkanes of at least 4 members (excludes halogenated alkanes) is 2. The molecule has 0 nitrogen and oxygen atoms in total. The normalized spacial score (nSPS) is 11.5. The van der Waals surface area contributed by atoms with E-state index in [1.54, 1.807) is 5.57 Å². The molecule has 0 aliphatic heterocycles. The Hall–Kier alpha value is -0.780. The summed E-state index contributed by atoms with van der Waals surface area (Å²) >= 11 is 0. The Labute approximate surface area is 95.8 Å². The van der Waals surface area contributed by atoms with Gasteiger partial charge < -0.3 is 0 Å². The molecule has 0 aromatic heterocycles. The minimum absolute atomic E-state index is 1.14. The van der Waals surface area contributed by atoms with Gasteiger partial charge in [0.05, 0.1) is 0 Å². The van der Waals surface area contributed by atoms with Crippen molar-refractivity contribution in [3.05, 3.63) is 36.5 Å². The maximum atomic E-state index is 3.96. The van der Waals surface area contributed by atoms with Crippen molar-refractivity contribution in [2.45, 2.75) is 58.8 Å². The van der Waals surface area contributed by atoms with Crippen molar-refractivity contribution >= 4 is 0 Å². The fourth-order valence-electron chi connectivity index (χ4n) is 1.59. The third-order valence-electron chi connectivity index (χ3n) is 2.49. The molecule has 0 atom stereocenters. The van der Waals surface area contributed by atoms with Crippen LogP contribution in [0.1, 0.15) is 58.8 Å². The van der Waals surface area contributed by atoms with E-state index in [4.69, 9.17) is 0 Å². The highest BCUT2D eigenvalue weighted by atomic mass is 14.0. The molecule has 0 aromatic carbocycles. The van der Waals surface area contributed by atoms with Gasteiger partial charge in [-0.2, -0.15) is 0 Å². The molecule has 0 spiro atoms. The smallest absolute Gasteiger partial charge is 0.0283 e. The highest BCUT2D eigenvalue weighted by Gasteiger charge is 1.96. The van der Waals surface area contributed by atoms with Gasteiger partial charge in [-0.05, 0) is 45.4 Å². The topological polar surface area (TPSA) is 0 Å². The molecule has 0 aliphatic carbocycles. The summed E-state index contributed by atoms with van der Waals surface area (Å²) < 4.78 is 0. The lowest BCUT2D eigenvalue weighted by Gasteiger charge is -2.06. The first kappa shape index (κ1) is 14.2. The van der Waals surface area contributed by atoms with Gasteiger partial charge in [0.15, 0.2) is 0 Å². The van der Waals surface area contributed by atoms with Crippen molar-refractivity contribution in [3.8, 4) is 0 Å². The van der Waals surface area contributed by atoms with E-state index in [1.807, 2.05) is 6.08 Å². The van der Waals surface area contributed by atoms with Crippen molar-refractivity contribution < 1.29 is 0 Å². The lowest BCUT2D eigenvalue weighted by Crippen LogP contribution is -1.86. The maximum absolute atomic E-state index is 3.96. The summed E-state index contributed by atoms with van der Waals surface area (Å²) in [7, 11) is 0. The Balaban J connectivity index is 3.88. The fourth-order valence-corrected chi connectivity index (χ4v) is 1.59. The lowest BCUT2D eigenvalue weighted by molar-refractivity contribution is 0.788. The Kier molecular flexibility index (Phi) is 9.26. The van der Waals surface area contributed by atoms with Gasteiger partial charge in [0.25, 0.3) is 0 Å². The Morgan fingerprint density at radius 1 is 1.13 bits per heavy atom. The van der Waals surface area contributed by atoms with Crippen molar-refractivity contribution in [1.82, 2.24) is 0 Å². The van der Waals surface area contributed by atoms with Gasteiger partial charge in [0, 0.05) is 0 Å². The molecule has 0 heterocycles. The van der Waals surface area contributed by atoms with Crippen LogP contribution in [0.2, 0.25) is 0 Å². The van der Waals surface area contributed by atoms with Crippen LogP contribution < -0.4 is 0 Å². The monoisotopic (exact) mass is 206 g/mol. The minimum Gasteiger partial charge on any atom is -0.103 e. The summed E-state index contributed by atoms with van der Waals surface area (Å²) in [5, 5.41) is 0. The molecular weight excluding hydrogens is 180 g/mol. The molecule has 0 saturated heterocycles. The molecule has 0 unspecified atom stereocenters. The van der Waals surface area contributed by atoms with Gasteiger partial charge in [-0.25, -0.2) is 0 Å². The summed E-state index contributed by atoms with van der Waals surface area (Å²) in [6.07, 6.45) is 12.9. The van der Waals surface area contributed by atoms with E-state index in [-0.39, 0.29) is 0 Å². The lowest BCUT2D eigenvalue weighted by atomic mass is 10.0. The van der Waals surface area contributed by atoms with E-state index in [2.05, 4.69) is 33.1 Å². The van der Waals surface area contributed by atoms with Crippen molar-refractivity contribution in [1.29, 1.82) is 0 Å². The molecular formula is C15H26. The molecule has 0 saturated carbocycles. The maximum Gasteiger partial charge on any atom is -0.0283 e. The third kappa shape index (κ3) is 9.52. The largest absolute Gasteiger partial charge is 0.103 e. The van der Waals surface area contributed by atoms with E-state index >= 15 is 0 Å². The van der Waals surface area contributed by atoms with Gasteiger partial charge in [-0.1, -0.05) is 36.6 Å². The molecule has 0 radical (unpaired) electrons. The fraction of sp³-hybridized carbons (Fsp3) is 0.600. The molecule has 0 aliphatic rings. The van der Waals surface area contributed by atoms with Crippen LogP contribution in [-0.2, 0) is 0 Å². The van der Waals surface area contributed by atoms with E-state index in [0.29, 0.717) is 0 Å². The molecule has 0 bridgehead atoms. The molecule has 0 amide bonds. The molecule has 0 fully saturated rings. The SMILES string of the molecule is C=CCCCC=C(CCC)CCC(=C)C. The summed E-state index contributed by atoms with van der Waals surface area (Å²) in [5.41, 5.74) is 2.91. The highest BCUT2D eigenvalue weighted by molar-refractivity contribution is 5.05. The van der Waals surface area contributed by atoms with Crippen LogP contribution in [-0.4, -0.2) is 0 Å². The Bertz CT molecular complexity index is 208. The van der Waals surface area contributed by atoms with E-state index in [1.165, 1.54) is 37.7 Å². The number of hydrogen-bond donors (Lipinski definition) is 0. The minimum atomic E-state index is 1.14. The van der Waals surface area contributed by atoms with Gasteiger partial charge in [-0.3, -0.25) is 0 Å². The first-order valence-electron chi connectivity index (χ1n) is 6.13. The van der Waals surface area contributed by atoms with Gasteiger partial charge in [0.1, 0.15) is 0 Å². The van der Waals surface area contributed by atoms with Crippen molar-refractivity contribution in [2.75, 3.05) is 0 Å². The van der Waals surface area contributed by atoms with Crippen LogP contribution in [0.5, 0.6) is 0 Å². The number of allylic oxidation sites excluding steroid dienone is 4. The quantitative estimate of drug-likeness (QED) is 0.349. The number of hydrogen-bond acceptors (Lipinski definition) is 0. The second kappa shape index (κ2) is 9.76. The summed E-state index contributed by atoms with van der Waals surface area (Å²) in [4.78, 5) is 0. The predicted molar refractivity (Wildman–Crippen MR) is 71.1 cm³/mol. The first-order valence-corrected chi connectivity index (χ1v) is 6.13. The zero-order valence-electron chi connectivity index (χ0n) is 10.5. The number of rotatable bonds is 9. The van der Waals surface area contributed by atoms with E-state index in [0.717, 1.165) is 12.8 Å². The van der Waals surface area contributed by atoms with Gasteiger partial charge >= 0.3 is 0 Å². The van der Waals surface area contributed by atoms with Crippen LogP contribution >= 0.6 is 0 Å². The average molecular weight is 206 g/mol. The average Bonchev–Trinajstić information content (AvgIpc) is 2.20. The standard InChI is InChI=1S/C15H26/c1-5-7-8-9-11-15(10-6-2)13-12-14(3)4/h5,11H,1,3,6-10,12-13H2,2,4H3. The van der Waals surface area contributed by atoms with Crippen molar-refractivity contribution in [2.24, 2.45) is 0 Å². The Morgan fingerprint density at radius 3 is 2.40 bits per heavy atom. The molecule has 0 N–H and O–H groups in total. The van der Waals surface area contributed by atoms with Crippen molar-refractivity contribution in [3.63, 3.8) is 0 Å². The van der Waals surface area contributed by atoms with E-state index in [9.17, 15) is 0 Å². The van der Waals surface area contributed by atoms with Crippen LogP contribution in [0.4, 0.5) is 0 Å². The summed E-state index contributed by atoms with van der Waals surface area (Å²) in [6.45, 7) is 12.1.